The van der Waals surface area contributed by atoms with E-state index in [4.69, 9.17) is 9.47 Å². The third kappa shape index (κ3) is 3.67. The quantitative estimate of drug-likeness (QED) is 0.566. The lowest BCUT2D eigenvalue weighted by Crippen LogP contribution is -1.97. The zero-order valence-electron chi connectivity index (χ0n) is 14.7. The van der Waals surface area contributed by atoms with Gasteiger partial charge in [-0.05, 0) is 34.9 Å². The van der Waals surface area contributed by atoms with Gasteiger partial charge in [-0.1, -0.05) is 67.3 Å². The van der Waals surface area contributed by atoms with Gasteiger partial charge < -0.3 is 9.47 Å². The lowest BCUT2D eigenvalue weighted by atomic mass is 10.1. The van der Waals surface area contributed by atoms with Crippen molar-refractivity contribution >= 4 is 17.9 Å². The van der Waals surface area contributed by atoms with Crippen molar-refractivity contribution in [2.45, 2.75) is 6.61 Å². The van der Waals surface area contributed by atoms with Crippen molar-refractivity contribution in [3.05, 3.63) is 107 Å². The van der Waals surface area contributed by atoms with Crippen molar-refractivity contribution in [2.75, 3.05) is 0 Å². The summed E-state index contributed by atoms with van der Waals surface area (Å²) in [5.41, 5.74) is 3.61. The largest absolute Gasteiger partial charge is 0.489 e. The first-order valence-electron chi connectivity index (χ1n) is 8.70. The van der Waals surface area contributed by atoms with Crippen LogP contribution in [0.4, 0.5) is 0 Å². The first-order chi connectivity index (χ1) is 13.2. The number of ether oxygens (including phenoxy) is 2. The Kier molecular flexibility index (Phi) is 4.58. The van der Waals surface area contributed by atoms with Crippen molar-refractivity contribution in [3.63, 3.8) is 0 Å². The molecule has 27 heavy (non-hydrogen) atoms. The normalized spacial score (nSPS) is 13.9. The van der Waals surface area contributed by atoms with Crippen molar-refractivity contribution in [3.8, 4) is 11.5 Å². The fraction of sp³-hybridized carbons (Fsp3) is 0.0417. The van der Waals surface area contributed by atoms with Gasteiger partial charge in [0.05, 0.1) is 5.56 Å². The fourth-order valence-electron chi connectivity index (χ4n) is 2.87. The third-order valence-electron chi connectivity index (χ3n) is 4.36. The number of carbonyl (C=O) groups is 1. The number of benzene rings is 3. The van der Waals surface area contributed by atoms with E-state index in [1.54, 1.807) is 30.4 Å². The maximum atomic E-state index is 12.5. The van der Waals surface area contributed by atoms with Gasteiger partial charge in [0.25, 0.3) is 0 Å². The molecule has 132 valence electrons. The van der Waals surface area contributed by atoms with E-state index in [2.05, 4.69) is 6.58 Å². The van der Waals surface area contributed by atoms with E-state index in [1.807, 2.05) is 54.6 Å². The molecular weight excluding hydrogens is 336 g/mol. The van der Waals surface area contributed by atoms with Crippen LogP contribution >= 0.6 is 0 Å². The molecule has 0 bridgehead atoms. The van der Waals surface area contributed by atoms with E-state index >= 15 is 0 Å². The molecule has 1 aliphatic rings. The number of fused-ring (bicyclic) bond motifs is 1. The molecule has 0 N–H and O–H groups in total. The Morgan fingerprint density at radius 1 is 0.926 bits per heavy atom. The van der Waals surface area contributed by atoms with Gasteiger partial charge in [-0.3, -0.25) is 4.79 Å². The summed E-state index contributed by atoms with van der Waals surface area (Å²) < 4.78 is 11.6. The van der Waals surface area contributed by atoms with Crippen LogP contribution in [0.2, 0.25) is 0 Å². The predicted octanol–water partition coefficient (Wildman–Crippen LogP) is 5.52. The first-order valence-corrected chi connectivity index (χ1v) is 8.70. The highest BCUT2D eigenvalue weighted by molar-refractivity contribution is 6.14. The Morgan fingerprint density at radius 3 is 2.44 bits per heavy atom. The van der Waals surface area contributed by atoms with Crippen LogP contribution in [0.3, 0.4) is 0 Å². The lowest BCUT2D eigenvalue weighted by Gasteiger charge is -2.07. The van der Waals surface area contributed by atoms with E-state index in [0.29, 0.717) is 29.4 Å². The molecule has 4 rings (SSSR count). The zero-order valence-corrected chi connectivity index (χ0v) is 14.7. The summed E-state index contributed by atoms with van der Waals surface area (Å²) in [4.78, 5) is 12.5. The average molecular weight is 354 g/mol. The minimum Gasteiger partial charge on any atom is -0.489 e. The Labute approximate surface area is 158 Å². The Bertz CT molecular complexity index is 1020. The fourth-order valence-corrected chi connectivity index (χ4v) is 2.87. The predicted molar refractivity (Wildman–Crippen MR) is 107 cm³/mol. The monoisotopic (exact) mass is 354 g/mol. The highest BCUT2D eigenvalue weighted by Gasteiger charge is 2.27. The van der Waals surface area contributed by atoms with Gasteiger partial charge in [-0.25, -0.2) is 0 Å². The standard InChI is InChI=1S/C24H18O3/c1-2-17-8-10-19(11-9-17)16-26-20-12-13-21-22(15-20)27-23(24(21)25)14-18-6-4-3-5-7-18/h2-15H,1,16H2. The van der Waals surface area contributed by atoms with Crippen LogP contribution in [0.5, 0.6) is 11.5 Å². The van der Waals surface area contributed by atoms with Crippen LogP contribution in [-0.4, -0.2) is 5.78 Å². The van der Waals surface area contributed by atoms with Crippen molar-refractivity contribution in [1.29, 1.82) is 0 Å². The summed E-state index contributed by atoms with van der Waals surface area (Å²) in [6, 6.07) is 22.9. The SMILES string of the molecule is C=Cc1ccc(COc2ccc3c(c2)OC(=Cc2ccccc2)C3=O)cc1. The third-order valence-corrected chi connectivity index (χ3v) is 4.36. The summed E-state index contributed by atoms with van der Waals surface area (Å²) in [7, 11) is 0. The second-order valence-electron chi connectivity index (χ2n) is 6.24. The van der Waals surface area contributed by atoms with E-state index in [9.17, 15) is 4.79 Å². The van der Waals surface area contributed by atoms with Crippen LogP contribution in [0.15, 0.2) is 85.1 Å². The number of Topliss-reactive ketones (excluding diaryl/α,β-unsaturated/α-hetero) is 1. The number of hydrogen-bond acceptors (Lipinski definition) is 3. The molecule has 0 radical (unpaired) electrons. The summed E-state index contributed by atoms with van der Waals surface area (Å²) in [6.07, 6.45) is 3.56. The van der Waals surface area contributed by atoms with Gasteiger partial charge in [0.1, 0.15) is 18.1 Å². The number of rotatable bonds is 5. The van der Waals surface area contributed by atoms with Crippen LogP contribution in [0.25, 0.3) is 12.2 Å². The molecule has 0 fully saturated rings. The van der Waals surface area contributed by atoms with Crippen LogP contribution in [-0.2, 0) is 6.61 Å². The molecule has 3 aromatic carbocycles. The van der Waals surface area contributed by atoms with Crippen molar-refractivity contribution in [2.24, 2.45) is 0 Å². The van der Waals surface area contributed by atoms with Crippen molar-refractivity contribution in [1.82, 2.24) is 0 Å². The summed E-state index contributed by atoms with van der Waals surface area (Å²) in [5, 5.41) is 0. The van der Waals surface area contributed by atoms with Gasteiger partial charge in [0.2, 0.25) is 5.78 Å². The summed E-state index contributed by atoms with van der Waals surface area (Å²) in [5.74, 6) is 1.41. The molecule has 0 aromatic heterocycles. The molecule has 0 unspecified atom stereocenters. The molecule has 0 saturated carbocycles. The molecule has 0 aliphatic carbocycles. The summed E-state index contributed by atoms with van der Waals surface area (Å²) >= 11 is 0. The van der Waals surface area contributed by atoms with Gasteiger partial charge in [0, 0.05) is 6.07 Å². The highest BCUT2D eigenvalue weighted by Crippen LogP contribution is 2.35. The molecule has 0 spiro atoms. The zero-order chi connectivity index (χ0) is 18.6. The number of carbonyl (C=O) groups excluding carboxylic acids is 1. The molecule has 1 heterocycles. The maximum absolute atomic E-state index is 12.5. The highest BCUT2D eigenvalue weighted by atomic mass is 16.5. The first kappa shape index (κ1) is 16.9. The molecule has 3 nitrogen and oxygen atoms in total. The minimum absolute atomic E-state index is 0.111. The second-order valence-corrected chi connectivity index (χ2v) is 6.24. The van der Waals surface area contributed by atoms with Gasteiger partial charge >= 0.3 is 0 Å². The Morgan fingerprint density at radius 2 is 1.70 bits per heavy atom. The van der Waals surface area contributed by atoms with Gasteiger partial charge in [0.15, 0.2) is 5.76 Å². The number of hydrogen-bond donors (Lipinski definition) is 0. The number of allylic oxidation sites excluding steroid dienone is 1. The van der Waals surface area contributed by atoms with Crippen molar-refractivity contribution < 1.29 is 14.3 Å². The second kappa shape index (κ2) is 7.34. The smallest absolute Gasteiger partial charge is 0.231 e. The Balaban J connectivity index is 1.48. The average Bonchev–Trinajstić information content (AvgIpc) is 3.02. The molecule has 0 atom stereocenters. The maximum Gasteiger partial charge on any atom is 0.231 e. The van der Waals surface area contributed by atoms with Gasteiger partial charge in [-0.15, -0.1) is 0 Å². The van der Waals surface area contributed by atoms with Crippen LogP contribution < -0.4 is 9.47 Å². The molecule has 3 aromatic rings. The molecular formula is C24H18O3. The molecule has 1 aliphatic heterocycles. The minimum atomic E-state index is -0.111. The lowest BCUT2D eigenvalue weighted by molar-refractivity contribution is 0.101. The van der Waals surface area contributed by atoms with Gasteiger partial charge in [-0.2, -0.15) is 0 Å². The molecule has 0 saturated heterocycles. The summed E-state index contributed by atoms with van der Waals surface area (Å²) in [6.45, 7) is 4.19. The molecule has 0 amide bonds. The van der Waals surface area contributed by atoms with E-state index in [1.165, 1.54) is 0 Å². The van der Waals surface area contributed by atoms with E-state index in [-0.39, 0.29) is 5.78 Å². The van der Waals surface area contributed by atoms with Crippen LogP contribution in [0, 0.1) is 0 Å². The Hall–Kier alpha value is -3.59. The van der Waals surface area contributed by atoms with E-state index in [0.717, 1.165) is 16.7 Å². The number of ketones is 1. The topological polar surface area (TPSA) is 35.5 Å². The van der Waals surface area contributed by atoms with E-state index < -0.39 is 0 Å². The van der Waals surface area contributed by atoms with Crippen LogP contribution in [0.1, 0.15) is 27.0 Å². The molecule has 3 heteroatoms.